The van der Waals surface area contributed by atoms with Crippen LogP contribution >= 0.6 is 0 Å². The Morgan fingerprint density at radius 3 is 1.37 bits per heavy atom. The van der Waals surface area contributed by atoms with Crippen molar-refractivity contribution >= 4 is 24.6 Å². The summed E-state index contributed by atoms with van der Waals surface area (Å²) in [5.41, 5.74) is 1.00. The lowest BCUT2D eigenvalue weighted by molar-refractivity contribution is -0.275. The predicted molar refractivity (Wildman–Crippen MR) is 87.0 cm³/mol. The van der Waals surface area contributed by atoms with Crippen LogP contribution in [0.15, 0.2) is 36.4 Å². The molecule has 0 atom stereocenters. The number of carboxylic acid groups (broad SMARTS) is 4. The van der Waals surface area contributed by atoms with E-state index >= 15 is 0 Å². The van der Waals surface area contributed by atoms with E-state index in [1.165, 1.54) is 30.3 Å². The van der Waals surface area contributed by atoms with E-state index in [0.717, 1.165) is 6.07 Å². The van der Waals surface area contributed by atoms with Crippen LogP contribution in [0, 0.1) is 0 Å². The van der Waals surface area contributed by atoms with Gasteiger partial charge in [-0.25, -0.2) is 4.79 Å². The van der Waals surface area contributed by atoms with Gasteiger partial charge in [-0.05, 0) is 48.2 Å². The molecular weight excluding hydrogens is 408 g/mol. The van der Waals surface area contributed by atoms with Crippen molar-refractivity contribution < 1.29 is 58.6 Å². The Hall–Kier alpha value is -4.48. The van der Waals surface area contributed by atoms with Gasteiger partial charge in [-0.1, -0.05) is 12.1 Å². The molecule has 2 aromatic rings. The summed E-state index contributed by atoms with van der Waals surface area (Å²) in [6.07, 6.45) is -6.94. The van der Waals surface area contributed by atoms with E-state index in [-0.39, 0.29) is 24.3 Å². The molecule has 0 amide bonds. The molecule has 2 rings (SSSR count). The second-order valence-electron chi connectivity index (χ2n) is 5.49. The SMILES string of the molecule is O=C([O-])Oc1ccc(CCc2ccc(OC(=O)[O-])c(OC(=O)O)c2)cc1OC(=O)[O-]. The lowest BCUT2D eigenvalue weighted by Gasteiger charge is -2.18. The first-order chi connectivity index (χ1) is 14.1. The molecule has 1 N–H and O–H groups in total. The van der Waals surface area contributed by atoms with Crippen LogP contribution in [0.25, 0.3) is 0 Å². The second-order valence-corrected chi connectivity index (χ2v) is 5.49. The van der Waals surface area contributed by atoms with E-state index in [1.54, 1.807) is 0 Å². The highest BCUT2D eigenvalue weighted by atomic mass is 16.7. The number of aryl methyl sites for hydroxylation is 2. The van der Waals surface area contributed by atoms with Gasteiger partial charge >= 0.3 is 6.16 Å². The highest BCUT2D eigenvalue weighted by Crippen LogP contribution is 2.31. The van der Waals surface area contributed by atoms with Crippen LogP contribution in [-0.4, -0.2) is 29.7 Å². The predicted octanol–water partition coefficient (Wildman–Crippen LogP) is -0.305. The van der Waals surface area contributed by atoms with Gasteiger partial charge in [-0.15, -0.1) is 0 Å². The number of carbonyl (C=O) groups excluding carboxylic acids is 3. The van der Waals surface area contributed by atoms with Crippen LogP contribution < -0.4 is 34.3 Å². The van der Waals surface area contributed by atoms with Crippen molar-refractivity contribution in [3.05, 3.63) is 47.5 Å². The van der Waals surface area contributed by atoms with Crippen LogP contribution in [0.5, 0.6) is 23.0 Å². The molecule has 0 aromatic heterocycles. The van der Waals surface area contributed by atoms with Crippen molar-refractivity contribution in [2.75, 3.05) is 0 Å². The zero-order valence-corrected chi connectivity index (χ0v) is 14.8. The van der Waals surface area contributed by atoms with E-state index in [4.69, 9.17) is 5.11 Å². The Bertz CT molecular complexity index is 902. The van der Waals surface area contributed by atoms with Crippen molar-refractivity contribution in [3.8, 4) is 23.0 Å². The van der Waals surface area contributed by atoms with Crippen molar-refractivity contribution in [1.82, 2.24) is 0 Å². The summed E-state index contributed by atoms with van der Waals surface area (Å²) in [4.78, 5) is 42.5. The molecular formula is C18H11O12-3. The fraction of sp³-hybridized carbons (Fsp3) is 0.111. The summed E-state index contributed by atoms with van der Waals surface area (Å²) in [6.45, 7) is 0. The van der Waals surface area contributed by atoms with Crippen LogP contribution in [0.2, 0.25) is 0 Å². The minimum atomic E-state index is -1.94. The maximum atomic E-state index is 10.8. The van der Waals surface area contributed by atoms with E-state index in [1.807, 2.05) is 0 Å². The Labute approximate surface area is 167 Å². The smallest absolute Gasteiger partial charge is 0.511 e. The fourth-order valence-electron chi connectivity index (χ4n) is 2.40. The molecule has 0 radical (unpaired) electrons. The number of hydrogen-bond acceptors (Lipinski definition) is 11. The molecule has 12 heteroatoms. The van der Waals surface area contributed by atoms with Crippen molar-refractivity contribution in [3.63, 3.8) is 0 Å². The van der Waals surface area contributed by atoms with Gasteiger partial charge in [0.15, 0.2) is 5.75 Å². The maximum Gasteiger partial charge on any atom is 0.511 e. The van der Waals surface area contributed by atoms with Gasteiger partial charge in [-0.3, -0.25) is 0 Å². The molecule has 0 unspecified atom stereocenters. The van der Waals surface area contributed by atoms with E-state index in [9.17, 15) is 34.5 Å². The fourth-order valence-corrected chi connectivity index (χ4v) is 2.40. The van der Waals surface area contributed by atoms with Crippen LogP contribution in [0.1, 0.15) is 11.1 Å². The average Bonchev–Trinajstić information content (AvgIpc) is 2.62. The third kappa shape index (κ3) is 6.60. The third-order valence-electron chi connectivity index (χ3n) is 3.50. The standard InChI is InChI=1S/C18H14O12/c19-15(20)27-11-5-3-9(7-13(11)29-17(23)24)1-2-10-4-6-12(28-16(21)22)14(8-10)30-18(25)26/h3-8H,1-2H2,(H,19,20)(H,21,22)(H,23,24)(H,25,26)/p-3. The normalized spacial score (nSPS) is 10.0. The lowest BCUT2D eigenvalue weighted by Crippen LogP contribution is -2.29. The topological polar surface area (TPSA) is 195 Å². The molecule has 12 nitrogen and oxygen atoms in total. The minimum Gasteiger partial charge on any atom is -0.512 e. The first-order valence-corrected chi connectivity index (χ1v) is 7.97. The van der Waals surface area contributed by atoms with E-state index < -0.39 is 36.1 Å². The number of ether oxygens (including phenoxy) is 4. The first-order valence-electron chi connectivity index (χ1n) is 7.97. The maximum absolute atomic E-state index is 10.8. The molecule has 158 valence electrons. The van der Waals surface area contributed by atoms with E-state index in [2.05, 4.69) is 18.9 Å². The van der Waals surface area contributed by atoms with Gasteiger partial charge < -0.3 is 53.8 Å². The quantitative estimate of drug-likeness (QED) is 0.455. The number of hydrogen-bond donors (Lipinski definition) is 1. The van der Waals surface area contributed by atoms with Gasteiger partial charge in [0.25, 0.3) is 18.5 Å². The second kappa shape index (κ2) is 9.64. The molecule has 2 aromatic carbocycles. The van der Waals surface area contributed by atoms with Gasteiger partial charge in [0.1, 0.15) is 0 Å². The minimum absolute atomic E-state index is 0.252. The summed E-state index contributed by atoms with van der Waals surface area (Å²) in [5, 5.41) is 40.5. The monoisotopic (exact) mass is 419 g/mol. The number of carbonyl (C=O) groups is 4. The highest BCUT2D eigenvalue weighted by molar-refractivity contribution is 5.67. The molecule has 0 saturated heterocycles. The molecule has 0 saturated carbocycles. The summed E-state index contributed by atoms with van der Waals surface area (Å²) in [5.74, 6) is -1.59. The molecule has 0 aliphatic rings. The molecule has 0 aliphatic heterocycles. The zero-order valence-electron chi connectivity index (χ0n) is 14.8. The van der Waals surface area contributed by atoms with Crippen LogP contribution in [0.4, 0.5) is 19.2 Å². The van der Waals surface area contributed by atoms with Crippen LogP contribution in [0.3, 0.4) is 0 Å². The van der Waals surface area contributed by atoms with Gasteiger partial charge in [0, 0.05) is 0 Å². The summed E-state index contributed by atoms with van der Waals surface area (Å²) in [7, 11) is 0. The van der Waals surface area contributed by atoms with Crippen molar-refractivity contribution in [1.29, 1.82) is 0 Å². The van der Waals surface area contributed by atoms with Gasteiger partial charge in [0.2, 0.25) is 0 Å². The first kappa shape index (κ1) is 21.8. The Morgan fingerprint density at radius 2 is 1.00 bits per heavy atom. The number of rotatable bonds is 7. The molecule has 0 bridgehead atoms. The Morgan fingerprint density at radius 1 is 0.633 bits per heavy atom. The highest BCUT2D eigenvalue weighted by Gasteiger charge is 2.10. The Kier molecular flexibility index (Phi) is 7.01. The van der Waals surface area contributed by atoms with Gasteiger partial charge in [-0.2, -0.15) is 0 Å². The molecule has 0 fully saturated rings. The molecule has 0 heterocycles. The average molecular weight is 419 g/mol. The van der Waals surface area contributed by atoms with Crippen molar-refractivity contribution in [2.24, 2.45) is 0 Å². The van der Waals surface area contributed by atoms with Gasteiger partial charge in [0.05, 0.1) is 17.2 Å². The summed E-state index contributed by atoms with van der Waals surface area (Å²) < 4.78 is 17.5. The molecule has 0 spiro atoms. The van der Waals surface area contributed by atoms with Crippen molar-refractivity contribution in [2.45, 2.75) is 12.8 Å². The van der Waals surface area contributed by atoms with E-state index in [0.29, 0.717) is 11.1 Å². The summed E-state index contributed by atoms with van der Waals surface area (Å²) in [6, 6.07) is 7.64. The lowest BCUT2D eigenvalue weighted by atomic mass is 10.0. The number of benzene rings is 2. The third-order valence-corrected chi connectivity index (χ3v) is 3.50. The largest absolute Gasteiger partial charge is 0.512 e. The van der Waals surface area contributed by atoms with Crippen LogP contribution in [-0.2, 0) is 12.8 Å². The molecule has 30 heavy (non-hydrogen) atoms. The molecule has 0 aliphatic carbocycles. The Balaban J connectivity index is 2.21. The summed E-state index contributed by atoms with van der Waals surface area (Å²) >= 11 is 0. The zero-order chi connectivity index (χ0) is 22.3.